The highest BCUT2D eigenvalue weighted by Gasteiger charge is 2.25. The Hall–Kier alpha value is -2.22. The van der Waals surface area contributed by atoms with E-state index in [2.05, 4.69) is 15.1 Å². The zero-order valence-electron chi connectivity index (χ0n) is 12.0. The van der Waals surface area contributed by atoms with E-state index in [0.717, 1.165) is 11.6 Å². The Morgan fingerprint density at radius 3 is 2.82 bits per heavy atom. The molecule has 0 radical (unpaired) electrons. The van der Waals surface area contributed by atoms with Crippen LogP contribution in [0.3, 0.4) is 0 Å². The fraction of sp³-hybridized carbons (Fsp3) is 0.214. The maximum atomic E-state index is 14.2. The fourth-order valence-electron chi connectivity index (χ4n) is 2.27. The van der Waals surface area contributed by atoms with Gasteiger partial charge in [0.15, 0.2) is 16.8 Å². The van der Waals surface area contributed by atoms with Gasteiger partial charge in [-0.2, -0.15) is 5.10 Å². The maximum Gasteiger partial charge on any atom is 0.187 e. The van der Waals surface area contributed by atoms with Crippen LogP contribution in [0.15, 0.2) is 28.6 Å². The average molecular weight is 321 g/mol. The van der Waals surface area contributed by atoms with Crippen molar-refractivity contribution in [3.63, 3.8) is 0 Å². The second kappa shape index (κ2) is 5.53. The lowest BCUT2D eigenvalue weighted by molar-refractivity contribution is 0.573. The Morgan fingerprint density at radius 2 is 2.09 bits per heavy atom. The minimum Gasteiger partial charge on any atom is -0.396 e. The molecule has 0 spiro atoms. The summed E-state index contributed by atoms with van der Waals surface area (Å²) in [7, 11) is 0. The maximum absolute atomic E-state index is 14.2. The second-order valence-corrected chi connectivity index (χ2v) is 5.55. The van der Waals surface area contributed by atoms with E-state index in [1.54, 1.807) is 13.1 Å². The molecule has 1 aliphatic heterocycles. The molecule has 1 aliphatic rings. The molecule has 0 amide bonds. The molecule has 1 aromatic heterocycles. The number of anilines is 2. The minimum absolute atomic E-state index is 0.121. The molecule has 22 heavy (non-hydrogen) atoms. The van der Waals surface area contributed by atoms with Gasteiger partial charge in [0.25, 0.3) is 0 Å². The number of benzene rings is 1. The van der Waals surface area contributed by atoms with Crippen LogP contribution in [0.2, 0.25) is 0 Å². The summed E-state index contributed by atoms with van der Waals surface area (Å²) >= 11 is 1.42. The Bertz CT molecular complexity index is 778. The Balaban J connectivity index is 2.07. The molecule has 0 bridgehead atoms. The lowest BCUT2D eigenvalue weighted by Crippen LogP contribution is -2.27. The van der Waals surface area contributed by atoms with Crippen molar-refractivity contribution in [2.24, 2.45) is 5.10 Å². The number of nitrogens with zero attached hydrogens (tertiary/aromatic N) is 4. The van der Waals surface area contributed by atoms with Crippen molar-refractivity contribution in [3.8, 4) is 0 Å². The van der Waals surface area contributed by atoms with Gasteiger partial charge in [-0.25, -0.2) is 18.7 Å². The lowest BCUT2D eigenvalue weighted by Gasteiger charge is -2.26. The first-order valence-electron chi connectivity index (χ1n) is 6.47. The predicted molar refractivity (Wildman–Crippen MR) is 83.0 cm³/mol. The van der Waals surface area contributed by atoms with Crippen LogP contribution in [-0.2, 0) is 6.54 Å². The van der Waals surface area contributed by atoms with Gasteiger partial charge >= 0.3 is 0 Å². The number of thioether (sulfide) groups is 1. The normalized spacial score (nSPS) is 13.8. The minimum atomic E-state index is -0.818. The Kier molecular flexibility index (Phi) is 3.69. The van der Waals surface area contributed by atoms with E-state index < -0.39 is 11.6 Å². The number of fused-ring (bicyclic) bond motifs is 1. The van der Waals surface area contributed by atoms with Crippen LogP contribution in [0.1, 0.15) is 18.2 Å². The molecular weight excluding hydrogens is 308 g/mol. The van der Waals surface area contributed by atoms with Gasteiger partial charge in [-0.1, -0.05) is 11.8 Å². The van der Waals surface area contributed by atoms with Crippen molar-refractivity contribution in [2.75, 3.05) is 17.0 Å². The molecular formula is C14H13F2N5S. The van der Waals surface area contributed by atoms with Crippen LogP contribution in [0, 0.1) is 11.6 Å². The van der Waals surface area contributed by atoms with Crippen LogP contribution < -0.4 is 10.7 Å². The smallest absolute Gasteiger partial charge is 0.187 e. The average Bonchev–Trinajstić information content (AvgIpc) is 2.51. The van der Waals surface area contributed by atoms with Gasteiger partial charge in [0.05, 0.1) is 23.6 Å². The first-order valence-corrected chi connectivity index (χ1v) is 7.70. The number of hydrogen-bond donors (Lipinski definition) is 1. The van der Waals surface area contributed by atoms with Crippen LogP contribution in [-0.4, -0.2) is 21.9 Å². The third-order valence-corrected chi connectivity index (χ3v) is 3.88. The zero-order chi connectivity index (χ0) is 15.9. The standard InChI is InChI=1S/C14H13F2N5S/c1-7-12-8(5-18-14(19-12)22-2)6-21(20-7)13-9(15)3-4-10(17)11(13)16/h3-5H,6,17H2,1-2H3. The van der Waals surface area contributed by atoms with Crippen molar-refractivity contribution in [1.82, 2.24) is 9.97 Å². The predicted octanol–water partition coefficient (Wildman–Crippen LogP) is 2.80. The summed E-state index contributed by atoms with van der Waals surface area (Å²) < 4.78 is 28.2. The first kappa shape index (κ1) is 14.7. The van der Waals surface area contributed by atoms with Crippen LogP contribution in [0.25, 0.3) is 0 Å². The van der Waals surface area contributed by atoms with Gasteiger partial charge in [-0.05, 0) is 25.3 Å². The number of rotatable bonds is 2. The highest BCUT2D eigenvalue weighted by Crippen LogP contribution is 2.31. The summed E-state index contributed by atoms with van der Waals surface area (Å²) in [6.07, 6.45) is 3.53. The van der Waals surface area contributed by atoms with Crippen molar-refractivity contribution in [1.29, 1.82) is 0 Å². The first-order chi connectivity index (χ1) is 10.5. The summed E-state index contributed by atoms with van der Waals surface area (Å²) in [4.78, 5) is 8.58. The lowest BCUT2D eigenvalue weighted by atomic mass is 10.1. The number of aromatic nitrogens is 2. The molecule has 5 nitrogen and oxygen atoms in total. The van der Waals surface area contributed by atoms with E-state index >= 15 is 0 Å². The van der Waals surface area contributed by atoms with Crippen molar-refractivity contribution < 1.29 is 8.78 Å². The van der Waals surface area contributed by atoms with Gasteiger partial charge in [0.2, 0.25) is 0 Å². The van der Waals surface area contributed by atoms with E-state index in [0.29, 0.717) is 16.6 Å². The molecule has 2 N–H and O–H groups in total. The molecule has 0 aliphatic carbocycles. The molecule has 0 saturated carbocycles. The quantitative estimate of drug-likeness (QED) is 0.523. The largest absolute Gasteiger partial charge is 0.396 e. The van der Waals surface area contributed by atoms with Crippen molar-refractivity contribution in [2.45, 2.75) is 18.6 Å². The number of nitrogens with two attached hydrogens (primary N) is 1. The van der Waals surface area contributed by atoms with Crippen LogP contribution in [0.5, 0.6) is 0 Å². The van der Waals surface area contributed by atoms with E-state index in [1.165, 1.54) is 22.8 Å². The van der Waals surface area contributed by atoms with Gasteiger partial charge in [-0.15, -0.1) is 0 Å². The SMILES string of the molecule is CSc1ncc2c(n1)C(C)=NN(c1c(F)ccc(N)c1F)C2. The van der Waals surface area contributed by atoms with Crippen molar-refractivity contribution >= 4 is 28.8 Å². The van der Waals surface area contributed by atoms with Gasteiger partial charge in [0.1, 0.15) is 5.69 Å². The second-order valence-electron chi connectivity index (χ2n) is 4.77. The molecule has 0 unspecified atom stereocenters. The summed E-state index contributed by atoms with van der Waals surface area (Å²) in [5, 5.41) is 6.13. The Morgan fingerprint density at radius 1 is 1.32 bits per heavy atom. The van der Waals surface area contributed by atoms with Crippen LogP contribution in [0.4, 0.5) is 20.2 Å². The topological polar surface area (TPSA) is 67.4 Å². The number of nitrogen functional groups attached to an aromatic ring is 1. The molecule has 0 atom stereocenters. The monoisotopic (exact) mass is 321 g/mol. The molecule has 2 aromatic rings. The molecule has 114 valence electrons. The molecule has 0 fully saturated rings. The number of halogens is 2. The van der Waals surface area contributed by atoms with E-state index in [1.807, 2.05) is 6.26 Å². The summed E-state index contributed by atoms with van der Waals surface area (Å²) in [5.41, 5.74) is 7.15. The van der Waals surface area contributed by atoms with Crippen LogP contribution >= 0.6 is 11.8 Å². The molecule has 1 aromatic carbocycles. The van der Waals surface area contributed by atoms with Gasteiger partial charge in [-0.3, -0.25) is 5.01 Å². The van der Waals surface area contributed by atoms with E-state index in [9.17, 15) is 8.78 Å². The molecule has 2 heterocycles. The molecule has 8 heteroatoms. The fourth-order valence-corrected chi connectivity index (χ4v) is 2.61. The van der Waals surface area contributed by atoms with Gasteiger partial charge < -0.3 is 5.73 Å². The van der Waals surface area contributed by atoms with Gasteiger partial charge in [0, 0.05) is 11.8 Å². The zero-order valence-corrected chi connectivity index (χ0v) is 12.8. The Labute approximate surface area is 130 Å². The summed E-state index contributed by atoms with van der Waals surface area (Å²) in [5.74, 6) is -1.53. The molecule has 3 rings (SSSR count). The summed E-state index contributed by atoms with van der Waals surface area (Å²) in [6, 6.07) is 2.32. The third kappa shape index (κ3) is 2.39. The van der Waals surface area contributed by atoms with E-state index in [-0.39, 0.29) is 17.9 Å². The highest BCUT2D eigenvalue weighted by molar-refractivity contribution is 7.98. The molecule has 0 saturated heterocycles. The third-order valence-electron chi connectivity index (χ3n) is 3.31. The number of hydrazone groups is 1. The summed E-state index contributed by atoms with van der Waals surface area (Å²) in [6.45, 7) is 1.92. The van der Waals surface area contributed by atoms with Crippen molar-refractivity contribution in [3.05, 3.63) is 41.2 Å². The van der Waals surface area contributed by atoms with E-state index in [4.69, 9.17) is 5.73 Å². The number of hydrogen-bond acceptors (Lipinski definition) is 6. The highest BCUT2D eigenvalue weighted by atomic mass is 32.2.